The molecule has 3 heterocycles. The van der Waals surface area contributed by atoms with Gasteiger partial charge in [0.2, 0.25) is 5.91 Å². The summed E-state index contributed by atoms with van der Waals surface area (Å²) in [5.74, 6) is 2.01. The number of thioether (sulfide) groups is 1. The maximum absolute atomic E-state index is 12.8. The standard InChI is InChI=1S/C19H26N4OS2/c1-13-7-9-22(10-8-13)18(24)14(2)26-19-21-20-17(23(19)15-5-6-15)12-16-4-3-11-25-16/h3-4,11,13-15H,5-10,12H2,1-2H3/t14-/m1/s1. The lowest BCUT2D eigenvalue weighted by molar-refractivity contribution is -0.131. The molecule has 4 rings (SSSR count). The van der Waals surface area contributed by atoms with E-state index in [0.717, 1.165) is 49.3 Å². The number of thiophene rings is 1. The number of hydrogen-bond donors (Lipinski definition) is 0. The molecule has 140 valence electrons. The molecule has 0 N–H and O–H groups in total. The van der Waals surface area contributed by atoms with Crippen LogP contribution in [-0.4, -0.2) is 43.9 Å². The van der Waals surface area contributed by atoms with E-state index in [1.165, 1.54) is 17.7 Å². The quantitative estimate of drug-likeness (QED) is 0.700. The zero-order valence-corrected chi connectivity index (χ0v) is 17.1. The summed E-state index contributed by atoms with van der Waals surface area (Å²) < 4.78 is 2.28. The van der Waals surface area contributed by atoms with Crippen molar-refractivity contribution in [3.05, 3.63) is 28.2 Å². The Morgan fingerprint density at radius 2 is 2.08 bits per heavy atom. The van der Waals surface area contributed by atoms with Gasteiger partial charge in [0, 0.05) is 30.4 Å². The van der Waals surface area contributed by atoms with Crippen molar-refractivity contribution >= 4 is 29.0 Å². The van der Waals surface area contributed by atoms with Crippen molar-refractivity contribution in [2.24, 2.45) is 5.92 Å². The second kappa shape index (κ2) is 7.72. The smallest absolute Gasteiger partial charge is 0.235 e. The molecule has 0 unspecified atom stereocenters. The number of nitrogens with zero attached hydrogens (tertiary/aromatic N) is 4. The van der Waals surface area contributed by atoms with Crippen LogP contribution in [0.2, 0.25) is 0 Å². The highest BCUT2D eigenvalue weighted by Gasteiger charge is 2.32. The Kier molecular flexibility index (Phi) is 5.36. The number of carbonyl (C=O) groups excluding carboxylic acids is 1. The molecule has 1 saturated carbocycles. The van der Waals surface area contributed by atoms with Gasteiger partial charge in [0.05, 0.1) is 5.25 Å². The summed E-state index contributed by atoms with van der Waals surface area (Å²) in [5, 5.41) is 11.8. The molecule has 0 spiro atoms. The molecule has 7 heteroatoms. The number of rotatable bonds is 6. The van der Waals surface area contributed by atoms with Crippen LogP contribution in [0.15, 0.2) is 22.7 Å². The summed E-state index contributed by atoms with van der Waals surface area (Å²) in [6, 6.07) is 4.74. The first kappa shape index (κ1) is 18.0. The van der Waals surface area contributed by atoms with E-state index in [4.69, 9.17) is 0 Å². The van der Waals surface area contributed by atoms with Gasteiger partial charge >= 0.3 is 0 Å². The molecule has 2 aromatic heterocycles. The predicted molar refractivity (Wildman–Crippen MR) is 106 cm³/mol. The van der Waals surface area contributed by atoms with Crippen molar-refractivity contribution in [1.82, 2.24) is 19.7 Å². The molecule has 1 amide bonds. The van der Waals surface area contributed by atoms with Gasteiger partial charge in [0.1, 0.15) is 5.82 Å². The summed E-state index contributed by atoms with van der Waals surface area (Å²) in [7, 11) is 0. The molecular weight excluding hydrogens is 364 g/mol. The Balaban J connectivity index is 1.45. The van der Waals surface area contributed by atoms with Gasteiger partial charge in [0.25, 0.3) is 0 Å². The summed E-state index contributed by atoms with van der Waals surface area (Å²) >= 11 is 3.33. The third-order valence-electron chi connectivity index (χ3n) is 5.28. The Bertz CT molecular complexity index is 746. The third-order valence-corrected chi connectivity index (χ3v) is 7.21. The fourth-order valence-corrected chi connectivity index (χ4v) is 5.19. The van der Waals surface area contributed by atoms with Crippen molar-refractivity contribution in [3.63, 3.8) is 0 Å². The first-order valence-electron chi connectivity index (χ1n) is 9.53. The molecule has 5 nitrogen and oxygen atoms in total. The molecule has 0 aromatic carbocycles. The summed E-state index contributed by atoms with van der Waals surface area (Å²) in [6.07, 6.45) is 5.44. The molecule has 0 bridgehead atoms. The van der Waals surface area contributed by atoms with Crippen molar-refractivity contribution < 1.29 is 4.79 Å². The minimum absolute atomic E-state index is 0.111. The minimum Gasteiger partial charge on any atom is -0.342 e. The van der Waals surface area contributed by atoms with E-state index < -0.39 is 0 Å². The molecule has 2 aromatic rings. The van der Waals surface area contributed by atoms with Gasteiger partial charge in [-0.1, -0.05) is 24.8 Å². The Morgan fingerprint density at radius 3 is 2.73 bits per heavy atom. The third kappa shape index (κ3) is 3.98. The molecular formula is C19H26N4OS2. The van der Waals surface area contributed by atoms with Crippen molar-refractivity contribution in [2.75, 3.05) is 13.1 Å². The maximum Gasteiger partial charge on any atom is 0.235 e. The van der Waals surface area contributed by atoms with E-state index in [-0.39, 0.29) is 11.2 Å². The van der Waals surface area contributed by atoms with Gasteiger partial charge < -0.3 is 9.47 Å². The molecule has 2 aliphatic rings. The molecule has 1 aliphatic carbocycles. The van der Waals surface area contributed by atoms with Gasteiger partial charge in [-0.3, -0.25) is 4.79 Å². The van der Waals surface area contributed by atoms with Gasteiger partial charge in [-0.05, 0) is 50.0 Å². The van der Waals surface area contributed by atoms with E-state index in [1.54, 1.807) is 23.1 Å². The average molecular weight is 391 g/mol. The number of likely N-dealkylation sites (tertiary alicyclic amines) is 1. The summed E-state index contributed by atoms with van der Waals surface area (Å²) in [5.41, 5.74) is 0. The van der Waals surface area contributed by atoms with Crippen LogP contribution in [0, 0.1) is 5.92 Å². The number of hydrogen-bond acceptors (Lipinski definition) is 5. The largest absolute Gasteiger partial charge is 0.342 e. The van der Waals surface area contributed by atoms with Crippen LogP contribution in [0.3, 0.4) is 0 Å². The Morgan fingerprint density at radius 1 is 1.31 bits per heavy atom. The maximum atomic E-state index is 12.8. The highest BCUT2D eigenvalue weighted by atomic mass is 32.2. The highest BCUT2D eigenvalue weighted by molar-refractivity contribution is 8.00. The summed E-state index contributed by atoms with van der Waals surface area (Å²) in [6.45, 7) is 6.07. The van der Waals surface area contributed by atoms with Crippen LogP contribution in [0.1, 0.15) is 56.3 Å². The SMILES string of the molecule is CC1CCN(C(=O)[C@@H](C)Sc2nnc(Cc3cccs3)n2C2CC2)CC1. The van der Waals surface area contributed by atoms with Gasteiger partial charge in [-0.2, -0.15) is 0 Å². The summed E-state index contributed by atoms with van der Waals surface area (Å²) in [4.78, 5) is 16.2. The monoisotopic (exact) mass is 390 g/mol. The fraction of sp³-hybridized carbons (Fsp3) is 0.632. The van der Waals surface area contributed by atoms with Crippen LogP contribution < -0.4 is 0 Å². The molecule has 0 radical (unpaired) electrons. The lowest BCUT2D eigenvalue weighted by Gasteiger charge is -2.32. The first-order chi connectivity index (χ1) is 12.6. The number of piperidine rings is 1. The van der Waals surface area contributed by atoms with E-state index in [2.05, 4.69) is 39.2 Å². The second-order valence-electron chi connectivity index (χ2n) is 7.52. The van der Waals surface area contributed by atoms with Gasteiger partial charge in [-0.25, -0.2) is 0 Å². The molecule has 1 saturated heterocycles. The number of amides is 1. The molecule has 1 atom stereocenters. The lowest BCUT2D eigenvalue weighted by Crippen LogP contribution is -2.41. The van der Waals surface area contributed by atoms with Crippen LogP contribution in [0.25, 0.3) is 0 Å². The lowest BCUT2D eigenvalue weighted by atomic mass is 9.99. The molecule has 1 aliphatic heterocycles. The van der Waals surface area contributed by atoms with Crippen molar-refractivity contribution in [2.45, 2.75) is 62.4 Å². The normalized spacial score (nSPS) is 19.7. The average Bonchev–Trinajstić information content (AvgIpc) is 3.20. The predicted octanol–water partition coefficient (Wildman–Crippen LogP) is 4.00. The van der Waals surface area contributed by atoms with Crippen LogP contribution in [0.5, 0.6) is 0 Å². The van der Waals surface area contributed by atoms with E-state index in [1.807, 2.05) is 11.8 Å². The zero-order valence-electron chi connectivity index (χ0n) is 15.4. The molecule has 2 fully saturated rings. The van der Waals surface area contributed by atoms with E-state index in [9.17, 15) is 4.79 Å². The van der Waals surface area contributed by atoms with E-state index in [0.29, 0.717) is 6.04 Å². The highest BCUT2D eigenvalue weighted by Crippen LogP contribution is 2.40. The second-order valence-corrected chi connectivity index (χ2v) is 9.86. The van der Waals surface area contributed by atoms with Crippen LogP contribution in [0.4, 0.5) is 0 Å². The minimum atomic E-state index is -0.111. The first-order valence-corrected chi connectivity index (χ1v) is 11.3. The Hall–Kier alpha value is -1.34. The fourth-order valence-electron chi connectivity index (χ4n) is 3.47. The molecule has 26 heavy (non-hydrogen) atoms. The van der Waals surface area contributed by atoms with E-state index >= 15 is 0 Å². The van der Waals surface area contributed by atoms with Gasteiger partial charge in [-0.15, -0.1) is 21.5 Å². The van der Waals surface area contributed by atoms with Crippen molar-refractivity contribution in [1.29, 1.82) is 0 Å². The zero-order chi connectivity index (χ0) is 18.1. The number of carbonyl (C=O) groups is 1. The van der Waals surface area contributed by atoms with Crippen LogP contribution >= 0.6 is 23.1 Å². The topological polar surface area (TPSA) is 51.0 Å². The van der Waals surface area contributed by atoms with Gasteiger partial charge in [0.15, 0.2) is 5.16 Å². The Labute approximate surface area is 163 Å². The number of aromatic nitrogens is 3. The van der Waals surface area contributed by atoms with Crippen molar-refractivity contribution in [3.8, 4) is 0 Å². The van der Waals surface area contributed by atoms with Crippen LogP contribution in [-0.2, 0) is 11.2 Å².